The number of fused-ring (bicyclic) bond motifs is 1. The molecule has 2 N–H and O–H groups in total. The topological polar surface area (TPSA) is 106 Å². The largest absolute Gasteiger partial charge is 0.586 e. The summed E-state index contributed by atoms with van der Waals surface area (Å²) >= 11 is 6.00. The highest BCUT2D eigenvalue weighted by Crippen LogP contribution is 2.42. The van der Waals surface area contributed by atoms with Gasteiger partial charge in [-0.3, -0.25) is 9.48 Å². The first kappa shape index (κ1) is 20.8. The van der Waals surface area contributed by atoms with E-state index in [4.69, 9.17) is 11.6 Å². The highest BCUT2D eigenvalue weighted by Gasteiger charge is 2.43. The minimum atomic E-state index is -3.77. The molecule has 3 aromatic rings. The highest BCUT2D eigenvalue weighted by molar-refractivity contribution is 6.29. The number of rotatable bonds is 6. The quantitative estimate of drug-likeness (QED) is 0.435. The molecule has 4 rings (SSSR count). The van der Waals surface area contributed by atoms with Crippen LogP contribution in [0.1, 0.15) is 16.1 Å². The Labute approximate surface area is 179 Å². The predicted molar refractivity (Wildman–Crippen MR) is 106 cm³/mol. The molecule has 0 saturated heterocycles. The number of hydrogen-bond acceptors (Lipinski definition) is 8. The van der Waals surface area contributed by atoms with Crippen LogP contribution in [0.5, 0.6) is 11.5 Å². The SMILES string of the molecule is CNc1nc(Cl)cc(CNN(C(=O)c2cnn(C)c2)c2ccc3c(c2)OC(F)(F)O3)n1. The van der Waals surface area contributed by atoms with Crippen LogP contribution in [0.25, 0.3) is 0 Å². The summed E-state index contributed by atoms with van der Waals surface area (Å²) < 4.78 is 37.2. The fraction of sp³-hybridized carbons (Fsp3) is 0.222. The van der Waals surface area contributed by atoms with Gasteiger partial charge in [-0.15, -0.1) is 8.78 Å². The first-order valence-electron chi connectivity index (χ1n) is 8.92. The molecule has 2 aromatic heterocycles. The lowest BCUT2D eigenvalue weighted by Gasteiger charge is -2.23. The van der Waals surface area contributed by atoms with E-state index in [1.54, 1.807) is 14.1 Å². The summed E-state index contributed by atoms with van der Waals surface area (Å²) in [6.45, 7) is 0.0769. The zero-order valence-corrected chi connectivity index (χ0v) is 17.0. The maximum atomic E-state index is 13.4. The summed E-state index contributed by atoms with van der Waals surface area (Å²) in [6, 6.07) is 5.53. The lowest BCUT2D eigenvalue weighted by Crippen LogP contribution is -2.42. The molecule has 0 aliphatic carbocycles. The fourth-order valence-electron chi connectivity index (χ4n) is 2.84. The van der Waals surface area contributed by atoms with E-state index < -0.39 is 12.2 Å². The van der Waals surface area contributed by atoms with Crippen LogP contribution in [0.2, 0.25) is 5.15 Å². The van der Waals surface area contributed by atoms with E-state index in [1.807, 2.05) is 0 Å². The zero-order valence-electron chi connectivity index (χ0n) is 16.3. The number of aryl methyl sites for hydroxylation is 1. The van der Waals surface area contributed by atoms with Crippen molar-refractivity contribution in [3.05, 3.63) is 53.1 Å². The minimum absolute atomic E-state index is 0.0769. The molecule has 31 heavy (non-hydrogen) atoms. The Morgan fingerprint density at radius 3 is 2.74 bits per heavy atom. The molecule has 0 unspecified atom stereocenters. The number of amides is 1. The summed E-state index contributed by atoms with van der Waals surface area (Å²) in [5, 5.41) is 8.17. The number of alkyl halides is 2. The Balaban J connectivity index is 1.64. The van der Waals surface area contributed by atoms with Crippen molar-refractivity contribution in [2.45, 2.75) is 12.8 Å². The van der Waals surface area contributed by atoms with Gasteiger partial charge in [0.1, 0.15) is 5.15 Å². The average Bonchev–Trinajstić information content (AvgIpc) is 3.28. The van der Waals surface area contributed by atoms with Gasteiger partial charge in [0, 0.05) is 26.4 Å². The number of carbonyl (C=O) groups excluding carboxylic acids is 1. The van der Waals surface area contributed by atoms with Crippen LogP contribution in [0.15, 0.2) is 36.7 Å². The lowest BCUT2D eigenvalue weighted by atomic mass is 10.2. The van der Waals surface area contributed by atoms with Crippen molar-refractivity contribution in [3.8, 4) is 11.5 Å². The summed E-state index contributed by atoms with van der Waals surface area (Å²) in [7, 11) is 3.31. The van der Waals surface area contributed by atoms with Crippen molar-refractivity contribution in [2.75, 3.05) is 17.4 Å². The van der Waals surface area contributed by atoms with Crippen molar-refractivity contribution in [1.29, 1.82) is 0 Å². The van der Waals surface area contributed by atoms with Crippen molar-refractivity contribution < 1.29 is 23.0 Å². The normalized spacial score (nSPS) is 13.8. The van der Waals surface area contributed by atoms with Crippen molar-refractivity contribution >= 4 is 29.1 Å². The number of carbonyl (C=O) groups is 1. The molecule has 0 atom stereocenters. The molecule has 13 heteroatoms. The summed E-state index contributed by atoms with van der Waals surface area (Å²) in [6.07, 6.45) is -0.856. The molecule has 1 aromatic carbocycles. The second-order valence-corrected chi connectivity index (χ2v) is 6.82. The van der Waals surface area contributed by atoms with Crippen molar-refractivity contribution in [3.63, 3.8) is 0 Å². The third-order valence-corrected chi connectivity index (χ3v) is 4.38. The summed E-state index contributed by atoms with van der Waals surface area (Å²) in [5.74, 6) is -0.507. The Bertz CT molecular complexity index is 1140. The third-order valence-electron chi connectivity index (χ3n) is 4.19. The molecule has 10 nitrogen and oxygen atoms in total. The van der Waals surface area contributed by atoms with E-state index in [1.165, 1.54) is 46.3 Å². The number of benzene rings is 1. The number of nitrogens with one attached hydrogen (secondary N) is 2. The first-order valence-corrected chi connectivity index (χ1v) is 9.29. The Kier molecular flexibility index (Phi) is 5.33. The molecule has 0 saturated carbocycles. The second-order valence-electron chi connectivity index (χ2n) is 6.43. The molecule has 1 amide bonds. The van der Waals surface area contributed by atoms with E-state index in [2.05, 4.69) is 35.3 Å². The van der Waals surface area contributed by atoms with Gasteiger partial charge < -0.3 is 14.8 Å². The Hall–Kier alpha value is -3.51. The monoisotopic (exact) mass is 451 g/mol. The van der Waals surface area contributed by atoms with Gasteiger partial charge in [-0.05, 0) is 18.2 Å². The molecule has 162 valence electrons. The Morgan fingerprint density at radius 2 is 2.03 bits per heavy atom. The highest BCUT2D eigenvalue weighted by atomic mass is 35.5. The van der Waals surface area contributed by atoms with Gasteiger partial charge in [0.2, 0.25) is 5.95 Å². The van der Waals surface area contributed by atoms with Gasteiger partial charge in [-0.25, -0.2) is 20.4 Å². The standard InChI is InChI=1S/C18H16ClF2N7O3/c1-22-17-25-11(5-15(19)26-17)8-24-28(16(29)10-7-23-27(2)9-10)12-3-4-13-14(6-12)31-18(20,21)30-13/h3-7,9,24H,8H2,1-2H3,(H,22,25,26). The minimum Gasteiger partial charge on any atom is -0.395 e. The molecular weight excluding hydrogens is 436 g/mol. The van der Waals surface area contributed by atoms with E-state index in [9.17, 15) is 13.6 Å². The maximum absolute atomic E-state index is 13.4. The van der Waals surface area contributed by atoms with Crippen LogP contribution in [0, 0.1) is 0 Å². The number of ether oxygens (including phenoxy) is 2. The van der Waals surface area contributed by atoms with Crippen LogP contribution in [0.3, 0.4) is 0 Å². The summed E-state index contributed by atoms with van der Waals surface area (Å²) in [4.78, 5) is 21.4. The molecule has 0 spiro atoms. The first-order chi connectivity index (χ1) is 14.7. The van der Waals surface area contributed by atoms with Crippen LogP contribution in [-0.2, 0) is 13.6 Å². The van der Waals surface area contributed by atoms with Gasteiger partial charge in [-0.2, -0.15) is 5.10 Å². The van der Waals surface area contributed by atoms with Crippen LogP contribution >= 0.6 is 11.6 Å². The second kappa shape index (κ2) is 7.96. The molecule has 1 aliphatic heterocycles. The van der Waals surface area contributed by atoms with Crippen LogP contribution in [0.4, 0.5) is 20.4 Å². The number of nitrogens with zero attached hydrogens (tertiary/aromatic N) is 5. The van der Waals surface area contributed by atoms with Gasteiger partial charge in [-0.1, -0.05) is 11.6 Å². The van der Waals surface area contributed by atoms with Gasteiger partial charge in [0.15, 0.2) is 11.5 Å². The number of anilines is 2. The van der Waals surface area contributed by atoms with E-state index >= 15 is 0 Å². The molecule has 0 bridgehead atoms. The van der Waals surface area contributed by atoms with E-state index in [0.29, 0.717) is 11.6 Å². The van der Waals surface area contributed by atoms with E-state index in [-0.39, 0.29) is 34.4 Å². The third kappa shape index (κ3) is 4.49. The molecule has 3 heterocycles. The molecule has 0 radical (unpaired) electrons. The van der Waals surface area contributed by atoms with E-state index in [0.717, 1.165) is 0 Å². The fourth-order valence-corrected chi connectivity index (χ4v) is 3.05. The number of hydrazine groups is 1. The van der Waals surface area contributed by atoms with Crippen molar-refractivity contribution in [2.24, 2.45) is 7.05 Å². The Morgan fingerprint density at radius 1 is 1.26 bits per heavy atom. The van der Waals surface area contributed by atoms with Gasteiger partial charge in [0.05, 0.1) is 29.7 Å². The maximum Gasteiger partial charge on any atom is 0.586 e. The van der Waals surface area contributed by atoms with Gasteiger partial charge in [0.25, 0.3) is 5.91 Å². The predicted octanol–water partition coefficient (Wildman–Crippen LogP) is 2.58. The molecule has 1 aliphatic rings. The molecule has 0 fully saturated rings. The van der Waals surface area contributed by atoms with Crippen LogP contribution in [-0.4, -0.2) is 39.0 Å². The van der Waals surface area contributed by atoms with Crippen LogP contribution < -0.4 is 25.2 Å². The van der Waals surface area contributed by atoms with Crippen molar-refractivity contribution in [1.82, 2.24) is 25.2 Å². The van der Waals surface area contributed by atoms with Gasteiger partial charge >= 0.3 is 6.29 Å². The average molecular weight is 452 g/mol. The molecular formula is C18H16ClF2N7O3. The lowest BCUT2D eigenvalue weighted by molar-refractivity contribution is -0.286. The zero-order chi connectivity index (χ0) is 22.2. The smallest absolute Gasteiger partial charge is 0.395 e. The summed E-state index contributed by atoms with van der Waals surface area (Å²) in [5.41, 5.74) is 3.93. The number of halogens is 3. The number of hydrogen-bond donors (Lipinski definition) is 2. The number of aromatic nitrogens is 4.